The molecule has 1 heterocycles. The molecule has 0 radical (unpaired) electrons. The first-order valence-corrected chi connectivity index (χ1v) is 6.40. The molecule has 1 fully saturated rings. The van der Waals surface area contributed by atoms with Gasteiger partial charge in [0.2, 0.25) is 0 Å². The third kappa shape index (κ3) is 4.30. The highest BCUT2D eigenvalue weighted by Gasteiger charge is 2.44. The number of aliphatic hydroxyl groups is 1. The Kier molecular flexibility index (Phi) is 4.76. The van der Waals surface area contributed by atoms with Crippen LogP contribution in [0, 0.1) is 5.41 Å². The first-order chi connectivity index (χ1) is 8.57. The Balaban J connectivity index is 2.65. The number of ether oxygens (including phenoxy) is 3. The first kappa shape index (κ1) is 16.1. The van der Waals surface area contributed by atoms with Gasteiger partial charge < -0.3 is 19.3 Å². The van der Waals surface area contributed by atoms with Gasteiger partial charge in [0.15, 0.2) is 5.79 Å². The maximum atomic E-state index is 11.7. The van der Waals surface area contributed by atoms with E-state index in [0.29, 0.717) is 0 Å². The highest BCUT2D eigenvalue weighted by molar-refractivity contribution is 5.75. The molecule has 1 N–H and O–H groups in total. The molecule has 0 aliphatic carbocycles. The summed E-state index contributed by atoms with van der Waals surface area (Å²) in [5.41, 5.74) is -0.568. The lowest BCUT2D eigenvalue weighted by molar-refractivity contribution is -0.166. The third-order valence-corrected chi connectivity index (χ3v) is 2.79. The normalized spacial score (nSPS) is 27.9. The Hall–Kier alpha value is -0.910. The summed E-state index contributed by atoms with van der Waals surface area (Å²) in [5, 5.41) is 9.82. The zero-order valence-corrected chi connectivity index (χ0v) is 12.3. The topological polar surface area (TPSA) is 65.0 Å². The molecule has 19 heavy (non-hydrogen) atoms. The van der Waals surface area contributed by atoms with Crippen LogP contribution in [0.3, 0.4) is 0 Å². The quantitative estimate of drug-likeness (QED) is 0.622. The van der Waals surface area contributed by atoms with Gasteiger partial charge in [-0.2, -0.15) is 0 Å². The van der Waals surface area contributed by atoms with Crippen molar-refractivity contribution in [3.05, 3.63) is 12.7 Å². The molecular weight excluding hydrogens is 248 g/mol. The van der Waals surface area contributed by atoms with Gasteiger partial charge in [-0.3, -0.25) is 4.79 Å². The van der Waals surface area contributed by atoms with Gasteiger partial charge in [0.25, 0.3) is 0 Å². The van der Waals surface area contributed by atoms with E-state index in [1.165, 1.54) is 6.08 Å². The minimum atomic E-state index is -0.861. The highest BCUT2D eigenvalue weighted by atomic mass is 16.8. The fourth-order valence-corrected chi connectivity index (χ4v) is 1.79. The van der Waals surface area contributed by atoms with Crippen molar-refractivity contribution in [2.45, 2.75) is 58.7 Å². The fraction of sp³-hybridized carbons (Fsp3) is 0.786. The lowest BCUT2D eigenvalue weighted by atomic mass is 9.97. The Bertz CT molecular complexity index is 342. The van der Waals surface area contributed by atoms with E-state index in [1.54, 1.807) is 34.6 Å². The Morgan fingerprint density at radius 2 is 2.05 bits per heavy atom. The average Bonchev–Trinajstić information content (AvgIpc) is 2.59. The Morgan fingerprint density at radius 1 is 1.47 bits per heavy atom. The maximum absolute atomic E-state index is 11.7. The Morgan fingerprint density at radius 3 is 2.53 bits per heavy atom. The molecule has 5 nitrogen and oxygen atoms in total. The second-order valence-corrected chi connectivity index (χ2v) is 6.21. The van der Waals surface area contributed by atoms with Crippen LogP contribution in [-0.4, -0.2) is 41.8 Å². The van der Waals surface area contributed by atoms with E-state index in [0.717, 1.165) is 0 Å². The predicted molar refractivity (Wildman–Crippen MR) is 70.4 cm³/mol. The van der Waals surface area contributed by atoms with E-state index in [1.807, 2.05) is 0 Å². The molecule has 0 aromatic carbocycles. The largest absolute Gasteiger partial charge is 0.462 e. The summed E-state index contributed by atoms with van der Waals surface area (Å²) in [6.45, 7) is 12.4. The molecule has 0 aromatic heterocycles. The SMILES string of the molecule is C=C[C@H](O)[C@@H]1OC(C)(C)O[C@@H]1COC(=O)C(C)(C)C. The van der Waals surface area contributed by atoms with Crippen molar-refractivity contribution in [2.75, 3.05) is 6.61 Å². The van der Waals surface area contributed by atoms with E-state index in [-0.39, 0.29) is 12.6 Å². The van der Waals surface area contributed by atoms with Gasteiger partial charge in [-0.05, 0) is 34.6 Å². The molecular formula is C14H24O5. The van der Waals surface area contributed by atoms with Crippen molar-refractivity contribution in [3.8, 4) is 0 Å². The summed E-state index contributed by atoms with van der Waals surface area (Å²) in [5.74, 6) is -1.12. The van der Waals surface area contributed by atoms with E-state index in [2.05, 4.69) is 6.58 Å². The van der Waals surface area contributed by atoms with E-state index < -0.39 is 29.5 Å². The molecule has 110 valence electrons. The summed E-state index contributed by atoms with van der Waals surface area (Å²) in [6.07, 6.45) is -0.566. The van der Waals surface area contributed by atoms with Crippen LogP contribution in [0.2, 0.25) is 0 Å². The molecule has 0 bridgehead atoms. The number of hydrogen-bond acceptors (Lipinski definition) is 5. The van der Waals surface area contributed by atoms with Gasteiger partial charge in [0.05, 0.1) is 5.41 Å². The van der Waals surface area contributed by atoms with E-state index in [4.69, 9.17) is 14.2 Å². The molecule has 0 amide bonds. The van der Waals surface area contributed by atoms with E-state index in [9.17, 15) is 9.90 Å². The second kappa shape index (κ2) is 5.61. The minimum Gasteiger partial charge on any atom is -0.462 e. The summed E-state index contributed by atoms with van der Waals surface area (Å²) < 4.78 is 16.5. The molecule has 1 saturated heterocycles. The standard InChI is InChI=1S/C14H24O5/c1-7-9(15)11-10(18-14(5,6)19-11)8-17-12(16)13(2,3)4/h7,9-11,15H,1,8H2,2-6H3/t9-,10+,11-/m0/s1. The molecule has 1 aliphatic heterocycles. The zero-order valence-electron chi connectivity index (χ0n) is 12.3. The van der Waals surface area contributed by atoms with Gasteiger partial charge >= 0.3 is 5.97 Å². The average molecular weight is 272 g/mol. The molecule has 1 aliphatic rings. The van der Waals surface area contributed by atoms with Crippen LogP contribution in [0.15, 0.2) is 12.7 Å². The van der Waals surface area contributed by atoms with Crippen LogP contribution >= 0.6 is 0 Å². The Labute approximate surface area is 114 Å². The van der Waals surface area contributed by atoms with Crippen LogP contribution in [0.1, 0.15) is 34.6 Å². The summed E-state index contributed by atoms with van der Waals surface area (Å²) in [4.78, 5) is 11.7. The molecule has 0 saturated carbocycles. The van der Waals surface area contributed by atoms with Crippen LogP contribution in [0.4, 0.5) is 0 Å². The molecule has 3 atom stereocenters. The smallest absolute Gasteiger partial charge is 0.311 e. The summed E-state index contributed by atoms with van der Waals surface area (Å²) in [7, 11) is 0. The number of carbonyl (C=O) groups is 1. The summed E-state index contributed by atoms with van der Waals surface area (Å²) in [6, 6.07) is 0. The van der Waals surface area contributed by atoms with Gasteiger partial charge in [-0.1, -0.05) is 6.08 Å². The first-order valence-electron chi connectivity index (χ1n) is 6.40. The summed E-state index contributed by atoms with van der Waals surface area (Å²) >= 11 is 0. The lowest BCUT2D eigenvalue weighted by Gasteiger charge is -2.22. The van der Waals surface area contributed by atoms with Crippen LogP contribution in [0.5, 0.6) is 0 Å². The van der Waals surface area contributed by atoms with Crippen LogP contribution < -0.4 is 0 Å². The van der Waals surface area contributed by atoms with Crippen molar-refractivity contribution in [1.82, 2.24) is 0 Å². The molecule has 0 spiro atoms. The van der Waals surface area contributed by atoms with E-state index >= 15 is 0 Å². The number of esters is 1. The lowest BCUT2D eigenvalue weighted by Crippen LogP contribution is -2.38. The van der Waals surface area contributed by atoms with Crippen LogP contribution in [-0.2, 0) is 19.0 Å². The molecule has 0 unspecified atom stereocenters. The van der Waals surface area contributed by atoms with Gasteiger partial charge in [-0.25, -0.2) is 0 Å². The van der Waals surface area contributed by atoms with Crippen LogP contribution in [0.25, 0.3) is 0 Å². The zero-order chi connectivity index (χ0) is 14.8. The number of aliphatic hydroxyl groups excluding tert-OH is 1. The molecule has 0 aromatic rings. The van der Waals surface area contributed by atoms with Crippen molar-refractivity contribution >= 4 is 5.97 Å². The number of rotatable bonds is 4. The minimum absolute atomic E-state index is 0.0507. The second-order valence-electron chi connectivity index (χ2n) is 6.21. The number of carbonyl (C=O) groups excluding carboxylic acids is 1. The van der Waals surface area contributed by atoms with Gasteiger partial charge in [-0.15, -0.1) is 6.58 Å². The van der Waals surface area contributed by atoms with Gasteiger partial charge in [0, 0.05) is 0 Å². The monoisotopic (exact) mass is 272 g/mol. The van der Waals surface area contributed by atoms with Gasteiger partial charge in [0.1, 0.15) is 24.9 Å². The third-order valence-electron chi connectivity index (χ3n) is 2.79. The fourth-order valence-electron chi connectivity index (χ4n) is 1.79. The maximum Gasteiger partial charge on any atom is 0.311 e. The van der Waals surface area contributed by atoms with Crippen molar-refractivity contribution < 1.29 is 24.1 Å². The molecule has 1 rings (SSSR count). The van der Waals surface area contributed by atoms with Crippen molar-refractivity contribution in [3.63, 3.8) is 0 Å². The number of hydrogen-bond donors (Lipinski definition) is 1. The molecule has 5 heteroatoms. The predicted octanol–water partition coefficient (Wildman–Crippen LogP) is 1.64. The van der Waals surface area contributed by atoms with Crippen molar-refractivity contribution in [1.29, 1.82) is 0 Å². The highest BCUT2D eigenvalue weighted by Crippen LogP contribution is 2.31. The van der Waals surface area contributed by atoms with Crippen molar-refractivity contribution in [2.24, 2.45) is 5.41 Å².